The molecule has 0 unspecified atom stereocenters. The van der Waals surface area contributed by atoms with Crippen LogP contribution in [0.5, 0.6) is 0 Å². The predicted octanol–water partition coefficient (Wildman–Crippen LogP) is 0.0515. The maximum Gasteiger partial charge on any atom is 0.0291 e. The van der Waals surface area contributed by atoms with Gasteiger partial charge in [-0.05, 0) is 0 Å². The Morgan fingerprint density at radius 1 is 1.60 bits per heavy atom. The van der Waals surface area contributed by atoms with Crippen molar-refractivity contribution < 1.29 is 0 Å². The summed E-state index contributed by atoms with van der Waals surface area (Å²) in [4.78, 5) is 0. The van der Waals surface area contributed by atoms with Crippen molar-refractivity contribution in [1.29, 1.82) is 0 Å². The van der Waals surface area contributed by atoms with E-state index < -0.39 is 0 Å². The first-order valence-electron chi connectivity index (χ1n) is 1.65. The molecule has 0 aliphatic carbocycles. The van der Waals surface area contributed by atoms with Gasteiger partial charge in [0.15, 0.2) is 0 Å². The molecular formula is C4H8Si. The molecule has 28 valence electrons. The second-order valence-electron chi connectivity index (χ2n) is 0.761. The molecule has 0 N–H and O–H groups in total. The van der Waals surface area contributed by atoms with E-state index >= 15 is 0 Å². The van der Waals surface area contributed by atoms with Gasteiger partial charge in [-0.2, -0.15) is 0 Å². The second-order valence-corrected chi connectivity index (χ2v) is 1.43. The van der Waals surface area contributed by atoms with Crippen LogP contribution in [0.3, 0.4) is 0 Å². The molecule has 0 bridgehead atoms. The molecule has 0 nitrogen and oxygen atoms in total. The summed E-state index contributed by atoms with van der Waals surface area (Å²) in [6.45, 7) is 3.49. The molecule has 0 aliphatic rings. The van der Waals surface area contributed by atoms with Gasteiger partial charge < -0.3 is 0 Å². The van der Waals surface area contributed by atoms with Gasteiger partial charge in [0.2, 0.25) is 0 Å². The first kappa shape index (κ1) is 4.70. The third-order valence-corrected chi connectivity index (χ3v) is 0.713. The molecule has 0 aliphatic heterocycles. The highest BCUT2D eigenvalue weighted by molar-refractivity contribution is 6.17. The van der Waals surface area contributed by atoms with Crippen LogP contribution in [0, 0.1) is 0 Å². The zero-order valence-electron chi connectivity index (χ0n) is 3.44. The summed E-state index contributed by atoms with van der Waals surface area (Å²) in [5.41, 5.74) is 2.08. The number of rotatable bonds is 1. The third kappa shape index (κ3) is 3.70. The highest BCUT2D eigenvalue weighted by atomic mass is 28.1. The Kier molecular flexibility index (Phi) is 3.47. The smallest absolute Gasteiger partial charge is 0.0291 e. The lowest BCUT2D eigenvalue weighted by molar-refractivity contribution is 2.11. The van der Waals surface area contributed by atoms with Crippen molar-refractivity contribution in [1.82, 2.24) is 0 Å². The van der Waals surface area contributed by atoms with E-state index in [2.05, 4.69) is 12.3 Å². The lowest BCUT2D eigenvalue weighted by atomic mass is 10.6. The minimum atomic E-state index is 1.15. The van der Waals surface area contributed by atoms with Crippen LogP contribution in [0.15, 0.2) is 24.4 Å². The number of hydrogen-bond acceptors (Lipinski definition) is 0. The maximum absolute atomic E-state index is 3.49. The van der Waals surface area contributed by atoms with Crippen LogP contribution in [0.4, 0.5) is 0 Å². The lowest BCUT2D eigenvalue weighted by Crippen LogP contribution is -1.43. The van der Waals surface area contributed by atoms with E-state index in [9.17, 15) is 0 Å². The normalized spacial score (nSPS) is 9.60. The van der Waals surface area contributed by atoms with E-state index in [1.807, 2.05) is 6.08 Å². The summed E-state index contributed by atoms with van der Waals surface area (Å²) in [5, 5.41) is 0. The molecule has 5 heavy (non-hydrogen) atoms. The van der Waals surface area contributed by atoms with E-state index in [4.69, 9.17) is 0 Å². The van der Waals surface area contributed by atoms with Gasteiger partial charge in [-0.25, -0.2) is 0 Å². The van der Waals surface area contributed by atoms with Crippen molar-refractivity contribution in [3.8, 4) is 0 Å². The molecule has 0 spiro atoms. The third-order valence-electron chi connectivity index (χ3n) is 0.329. The Hall–Kier alpha value is -0.303. The fourth-order valence-corrected chi connectivity index (χ4v) is 0.408. The quantitative estimate of drug-likeness (QED) is 0.311. The van der Waals surface area contributed by atoms with Crippen LogP contribution in [0.1, 0.15) is 0 Å². The topological polar surface area (TPSA) is 0 Å². The Balaban J connectivity index is 2.92. The van der Waals surface area contributed by atoms with Crippen LogP contribution in [-0.2, 0) is 0 Å². The van der Waals surface area contributed by atoms with Crippen LogP contribution in [-0.4, -0.2) is 10.2 Å². The zero-order valence-corrected chi connectivity index (χ0v) is 5.44. The maximum atomic E-state index is 3.49. The summed E-state index contributed by atoms with van der Waals surface area (Å²) in [5.74, 6) is 0. The number of hydrogen-bond donors (Lipinski definition) is 0. The van der Waals surface area contributed by atoms with Gasteiger partial charge >= 0.3 is 0 Å². The van der Waals surface area contributed by atoms with Crippen molar-refractivity contribution in [2.75, 3.05) is 0 Å². The highest BCUT2D eigenvalue weighted by Gasteiger charge is 1.42. The van der Waals surface area contributed by atoms with Crippen LogP contribution >= 0.6 is 0 Å². The number of allylic oxidation sites excluding steroid dienone is 2. The van der Waals surface area contributed by atoms with Crippen molar-refractivity contribution in [3.63, 3.8) is 0 Å². The molecule has 1 heteroatoms. The van der Waals surface area contributed by atoms with E-state index in [1.165, 1.54) is 0 Å². The van der Waals surface area contributed by atoms with E-state index in [0.717, 1.165) is 10.2 Å². The van der Waals surface area contributed by atoms with Crippen LogP contribution < -0.4 is 0 Å². The summed E-state index contributed by atoms with van der Waals surface area (Å²) in [6, 6.07) is 0. The fourth-order valence-electron chi connectivity index (χ4n) is 0.136. The fraction of sp³-hybridized carbons (Fsp3) is 0. The molecule has 0 aromatic rings. The standard InChI is InChI=1S/C4H8Si/c1-2-3-4-5/h2-4H,1H2,5H3. The van der Waals surface area contributed by atoms with E-state index in [1.54, 1.807) is 6.08 Å². The molecule has 0 saturated heterocycles. The van der Waals surface area contributed by atoms with Gasteiger partial charge in [0.05, 0.1) is 0 Å². The summed E-state index contributed by atoms with van der Waals surface area (Å²) >= 11 is 0. The molecule has 0 fully saturated rings. The molecule has 0 rings (SSSR count). The first-order chi connectivity index (χ1) is 2.41. The Bertz CT molecular complexity index is 45.6. The zero-order chi connectivity index (χ0) is 4.12. The van der Waals surface area contributed by atoms with Crippen molar-refractivity contribution in [3.05, 3.63) is 24.4 Å². The summed E-state index contributed by atoms with van der Waals surface area (Å²) < 4.78 is 0. The average Bonchev–Trinajstić information content (AvgIpc) is 1.41. The minimum Gasteiger partial charge on any atom is -0.105 e. The lowest BCUT2D eigenvalue weighted by Gasteiger charge is -1.56. The average molecular weight is 84.2 g/mol. The Morgan fingerprint density at radius 2 is 2.20 bits per heavy atom. The van der Waals surface area contributed by atoms with Crippen molar-refractivity contribution >= 4 is 10.2 Å². The van der Waals surface area contributed by atoms with E-state index in [-0.39, 0.29) is 0 Å². The second kappa shape index (κ2) is 3.70. The van der Waals surface area contributed by atoms with Gasteiger partial charge in [0, 0.05) is 10.2 Å². The molecule has 0 aromatic carbocycles. The molecule has 0 atom stereocenters. The minimum absolute atomic E-state index is 1.15. The highest BCUT2D eigenvalue weighted by Crippen LogP contribution is 1.60. The summed E-state index contributed by atoms with van der Waals surface area (Å²) in [6.07, 6.45) is 3.74. The Labute approximate surface area is 35.6 Å². The van der Waals surface area contributed by atoms with Gasteiger partial charge in [-0.15, -0.1) is 5.70 Å². The van der Waals surface area contributed by atoms with Gasteiger partial charge in [-0.1, -0.05) is 18.7 Å². The van der Waals surface area contributed by atoms with Crippen LogP contribution in [0.2, 0.25) is 0 Å². The monoisotopic (exact) mass is 84.0 g/mol. The molecule has 0 aromatic heterocycles. The van der Waals surface area contributed by atoms with E-state index in [0.29, 0.717) is 0 Å². The van der Waals surface area contributed by atoms with Crippen LogP contribution in [0.25, 0.3) is 0 Å². The largest absolute Gasteiger partial charge is 0.105 e. The van der Waals surface area contributed by atoms with Gasteiger partial charge in [-0.3, -0.25) is 0 Å². The molecule has 0 heterocycles. The molecule has 0 amide bonds. The predicted molar refractivity (Wildman–Crippen MR) is 29.3 cm³/mol. The molecule has 0 saturated carbocycles. The van der Waals surface area contributed by atoms with Gasteiger partial charge in [0.25, 0.3) is 0 Å². The van der Waals surface area contributed by atoms with Gasteiger partial charge in [0.1, 0.15) is 0 Å². The Morgan fingerprint density at radius 3 is 2.20 bits per heavy atom. The molecular weight excluding hydrogens is 76.1 g/mol. The molecule has 0 radical (unpaired) electrons. The van der Waals surface area contributed by atoms with Crippen molar-refractivity contribution in [2.45, 2.75) is 0 Å². The first-order valence-corrected chi connectivity index (χ1v) is 2.81. The summed E-state index contributed by atoms with van der Waals surface area (Å²) in [7, 11) is 1.15. The van der Waals surface area contributed by atoms with Crippen molar-refractivity contribution in [2.24, 2.45) is 0 Å². The SMILES string of the molecule is C=CC=C[SiH3].